The van der Waals surface area contributed by atoms with Gasteiger partial charge in [0, 0.05) is 0 Å². The van der Waals surface area contributed by atoms with E-state index in [2.05, 4.69) is 33.8 Å². The van der Waals surface area contributed by atoms with Crippen molar-refractivity contribution in [3.8, 4) is 0 Å². The molecule has 4 heteroatoms. The van der Waals surface area contributed by atoms with Crippen LogP contribution in [0, 0.1) is 12.0 Å². The Morgan fingerprint density at radius 3 is 1.46 bits per heavy atom. The van der Waals surface area contributed by atoms with Crippen molar-refractivity contribution in [1.29, 1.82) is 0 Å². The number of halogens is 3. The molecule has 0 heterocycles. The first-order valence-electron chi connectivity index (χ1n) is 3.40. The van der Waals surface area contributed by atoms with Crippen molar-refractivity contribution in [2.45, 2.75) is 27.7 Å². The van der Waals surface area contributed by atoms with E-state index in [1.54, 1.807) is 0 Å². The van der Waals surface area contributed by atoms with E-state index in [9.17, 15) is 0 Å². The molecule has 0 bridgehead atoms. The maximum atomic E-state index is 3.36. The van der Waals surface area contributed by atoms with E-state index in [0.717, 1.165) is 0 Å². The van der Waals surface area contributed by atoms with Gasteiger partial charge in [-0.15, -0.1) is 6.92 Å². The molecule has 0 aromatic carbocycles. The summed E-state index contributed by atoms with van der Waals surface area (Å²) in [7, 11) is 0. The summed E-state index contributed by atoms with van der Waals surface area (Å²) in [6, 6.07) is 0. The maximum absolute atomic E-state index is 3.36. The van der Waals surface area contributed by atoms with E-state index < -0.39 is 0 Å². The Hall–Kier alpha value is 1.22. The largest absolute Gasteiger partial charge is 4.00 e. The molecule has 1 atom stereocenters. The van der Waals surface area contributed by atoms with E-state index in [0.29, 0.717) is 5.92 Å². The fourth-order valence-electron chi connectivity index (χ4n) is 1.16. The first-order chi connectivity index (χ1) is 4.13. The minimum absolute atomic E-state index is 0. The first kappa shape index (κ1) is 23.8. The summed E-state index contributed by atoms with van der Waals surface area (Å²) in [5.74, 6) is 0.560. The summed E-state index contributed by atoms with van der Waals surface area (Å²) < 4.78 is 0. The van der Waals surface area contributed by atoms with Crippen LogP contribution in [-0.2, 0) is 25.8 Å². The van der Waals surface area contributed by atoms with Gasteiger partial charge in [-0.1, -0.05) is 26.7 Å². The molecule has 0 spiro atoms. The van der Waals surface area contributed by atoms with Gasteiger partial charge in [-0.2, -0.15) is 11.1 Å². The van der Waals surface area contributed by atoms with Gasteiger partial charge in [-0.3, -0.25) is 6.08 Å². The first-order valence-corrected chi connectivity index (χ1v) is 3.40. The van der Waals surface area contributed by atoms with Gasteiger partial charge in [0.2, 0.25) is 0 Å². The van der Waals surface area contributed by atoms with Crippen LogP contribution in [0.2, 0.25) is 0 Å². The Labute approximate surface area is 119 Å². The van der Waals surface area contributed by atoms with Crippen LogP contribution in [0.5, 0.6) is 0 Å². The van der Waals surface area contributed by atoms with Crippen molar-refractivity contribution in [2.24, 2.45) is 5.92 Å². The molecule has 0 nitrogen and oxygen atoms in total. The molecule has 1 unspecified atom stereocenters. The van der Waals surface area contributed by atoms with Gasteiger partial charge in [0.15, 0.2) is 0 Å². The topological polar surface area (TPSA) is 0 Å². The number of hydrogen-bond donors (Lipinski definition) is 0. The molecule has 0 fully saturated rings. The summed E-state index contributed by atoms with van der Waals surface area (Å²) in [6.45, 7) is 8.67. The van der Waals surface area contributed by atoms with Gasteiger partial charge in [0.25, 0.3) is 0 Å². The molecule has 0 saturated carbocycles. The zero-order valence-electron chi connectivity index (χ0n) is 8.21. The van der Waals surface area contributed by atoms with Crippen LogP contribution in [0.15, 0.2) is 16.7 Å². The van der Waals surface area contributed by atoms with Gasteiger partial charge in [0.05, 0.1) is 0 Å². The van der Waals surface area contributed by atoms with Gasteiger partial charge in [-0.05, 0) is 0 Å². The van der Waals surface area contributed by atoms with Crippen LogP contribution in [0.25, 0.3) is 0 Å². The number of rotatable bonds is 0. The zero-order valence-corrected chi connectivity index (χ0v) is 14.1. The molecule has 74 valence electrons. The molecule has 1 aliphatic carbocycles. The molecule has 0 aliphatic heterocycles. The van der Waals surface area contributed by atoms with Crippen molar-refractivity contribution in [3.05, 3.63) is 22.8 Å². The molecule has 1 rings (SSSR count). The molecule has 0 amide bonds. The fourth-order valence-corrected chi connectivity index (χ4v) is 1.16. The van der Waals surface area contributed by atoms with Crippen molar-refractivity contribution in [2.75, 3.05) is 0 Å². The van der Waals surface area contributed by atoms with Gasteiger partial charge < -0.3 is 37.2 Å². The van der Waals surface area contributed by atoms with Crippen molar-refractivity contribution < 1.29 is 63.1 Å². The molecule has 0 aromatic heterocycles. The normalized spacial score (nSPS) is 18.8. The minimum atomic E-state index is 0. The van der Waals surface area contributed by atoms with Crippen LogP contribution < -0.4 is 37.2 Å². The minimum Gasteiger partial charge on any atom is -1.00 e. The second kappa shape index (κ2) is 9.76. The van der Waals surface area contributed by atoms with E-state index in [4.69, 9.17) is 0 Å². The van der Waals surface area contributed by atoms with E-state index in [1.807, 2.05) is 0 Å². The second-order valence-electron chi connectivity index (χ2n) is 2.80. The van der Waals surface area contributed by atoms with Crippen LogP contribution in [0.4, 0.5) is 0 Å². The van der Waals surface area contributed by atoms with Crippen molar-refractivity contribution >= 4 is 0 Å². The van der Waals surface area contributed by atoms with Crippen molar-refractivity contribution in [3.63, 3.8) is 0 Å². The average Bonchev–Trinajstić information content (AvgIpc) is 1.98. The third-order valence-corrected chi connectivity index (χ3v) is 2.24. The van der Waals surface area contributed by atoms with Gasteiger partial charge >= 0.3 is 25.8 Å². The smallest absolute Gasteiger partial charge is 1.00 e. The van der Waals surface area contributed by atoms with Crippen LogP contribution in [-0.4, -0.2) is 0 Å². The summed E-state index contributed by atoms with van der Waals surface area (Å²) >= 11 is 0. The molecule has 0 radical (unpaired) electrons. The fraction of sp³-hybridized carbons (Fsp3) is 0.556. The van der Waals surface area contributed by atoms with E-state index >= 15 is 0 Å². The van der Waals surface area contributed by atoms with Gasteiger partial charge in [0.1, 0.15) is 0 Å². The quantitative estimate of drug-likeness (QED) is 0.278. The van der Waals surface area contributed by atoms with Crippen molar-refractivity contribution in [1.82, 2.24) is 0 Å². The molecule has 0 N–H and O–H groups in total. The molecule has 13 heavy (non-hydrogen) atoms. The Bertz CT molecular complexity index is 197. The third-order valence-electron chi connectivity index (χ3n) is 2.24. The van der Waals surface area contributed by atoms with E-state index in [-0.39, 0.29) is 63.1 Å². The van der Waals surface area contributed by atoms with Crippen LogP contribution in [0.1, 0.15) is 27.7 Å². The predicted molar refractivity (Wildman–Crippen MR) is 40.0 cm³/mol. The SMILES string of the molecule is CC1=[C-]C(C)C(C)=C1C.[Cl-].[Cl-].[Cl-].[Hf+4]. The number of hydrogen-bond acceptors (Lipinski definition) is 0. The second-order valence-corrected chi connectivity index (χ2v) is 2.80. The standard InChI is InChI=1S/C9H13.3ClH.Hf/c1-6-5-7(2)9(4)8(6)3;;;;/h6H,1-4H3;3*1H;/q-1;;;;+4/p-3. The van der Waals surface area contributed by atoms with Crippen LogP contribution in [0.3, 0.4) is 0 Å². The van der Waals surface area contributed by atoms with Crippen LogP contribution >= 0.6 is 0 Å². The summed E-state index contributed by atoms with van der Waals surface area (Å²) in [6.07, 6.45) is 3.36. The third kappa shape index (κ3) is 5.61. The molecule has 1 aliphatic rings. The predicted octanol–water partition coefficient (Wildman–Crippen LogP) is -6.27. The zero-order chi connectivity index (χ0) is 7.02. The molecule has 0 aromatic rings. The van der Waals surface area contributed by atoms with Gasteiger partial charge in [-0.25, -0.2) is 5.57 Å². The summed E-state index contributed by atoms with van der Waals surface area (Å²) in [5, 5.41) is 0. The summed E-state index contributed by atoms with van der Waals surface area (Å²) in [4.78, 5) is 0. The molecular formula is C9H13Cl3Hf. The Balaban J connectivity index is -0.000000101. The molecular weight excluding hydrogens is 393 g/mol. The Kier molecular flexibility index (Phi) is 17.9. The van der Waals surface area contributed by atoms with E-state index in [1.165, 1.54) is 16.7 Å². The maximum Gasteiger partial charge on any atom is 4.00 e. The summed E-state index contributed by atoms with van der Waals surface area (Å²) in [5.41, 5.74) is 4.25. The molecule has 0 saturated heterocycles. The Morgan fingerprint density at radius 1 is 1.00 bits per heavy atom. The average molecular weight is 406 g/mol. The Morgan fingerprint density at radius 2 is 1.38 bits per heavy atom. The monoisotopic (exact) mass is 406 g/mol. The number of allylic oxidation sites excluding steroid dienone is 4.